The number of thiazole rings is 1. The van der Waals surface area contributed by atoms with Gasteiger partial charge in [0.05, 0.1) is 23.4 Å². The summed E-state index contributed by atoms with van der Waals surface area (Å²) in [6, 6.07) is 2.75. The van der Waals surface area contributed by atoms with Crippen LogP contribution in [-0.2, 0) is 13.1 Å². The molecular formula is C15H22N4S. The lowest BCUT2D eigenvalue weighted by atomic mass is 10.0. The number of hydrogen-bond donors (Lipinski definition) is 0. The minimum absolute atomic E-state index is 0.587. The summed E-state index contributed by atoms with van der Waals surface area (Å²) in [5, 5.41) is 6.77. The highest BCUT2D eigenvalue weighted by Crippen LogP contribution is 2.21. The van der Waals surface area contributed by atoms with Crippen molar-refractivity contribution in [3.05, 3.63) is 34.0 Å². The first kappa shape index (κ1) is 13.8. The van der Waals surface area contributed by atoms with E-state index in [1.54, 1.807) is 11.3 Å². The lowest BCUT2D eigenvalue weighted by Gasteiger charge is -2.35. The number of aromatic nitrogens is 3. The molecule has 1 atom stereocenters. The van der Waals surface area contributed by atoms with Gasteiger partial charge in [0.25, 0.3) is 0 Å². The van der Waals surface area contributed by atoms with Crippen molar-refractivity contribution in [3.63, 3.8) is 0 Å². The lowest BCUT2D eigenvalue weighted by Crippen LogP contribution is -2.42. The quantitative estimate of drug-likeness (QED) is 0.868. The summed E-state index contributed by atoms with van der Waals surface area (Å²) in [7, 11) is 0. The molecule has 0 radical (unpaired) electrons. The fraction of sp³-hybridized carbons (Fsp3) is 0.600. The van der Waals surface area contributed by atoms with E-state index in [4.69, 9.17) is 0 Å². The molecule has 2 aromatic rings. The maximum Gasteiger partial charge on any atom is 0.0795 e. The molecule has 20 heavy (non-hydrogen) atoms. The van der Waals surface area contributed by atoms with E-state index in [1.165, 1.54) is 37.2 Å². The van der Waals surface area contributed by atoms with Crippen LogP contribution in [0.15, 0.2) is 17.0 Å². The molecule has 0 amide bonds. The zero-order valence-corrected chi connectivity index (χ0v) is 13.1. The molecule has 1 aliphatic heterocycles. The van der Waals surface area contributed by atoms with Crippen molar-refractivity contribution in [2.45, 2.75) is 52.2 Å². The van der Waals surface area contributed by atoms with Gasteiger partial charge in [0.2, 0.25) is 0 Å². The van der Waals surface area contributed by atoms with Gasteiger partial charge < -0.3 is 0 Å². The molecular weight excluding hydrogens is 268 g/mol. The summed E-state index contributed by atoms with van der Waals surface area (Å²) in [5.41, 5.74) is 5.51. The highest BCUT2D eigenvalue weighted by Gasteiger charge is 2.24. The molecule has 1 fully saturated rings. The molecule has 2 aromatic heterocycles. The summed E-state index contributed by atoms with van der Waals surface area (Å²) in [5.74, 6) is 0. The highest BCUT2D eigenvalue weighted by atomic mass is 32.1. The third kappa shape index (κ3) is 3.10. The molecule has 3 rings (SSSR count). The standard InChI is InChI=1S/C15H22N4S/c1-12-7-13(2)19(17-12)9-15-5-3-4-6-18(15)8-14-10-20-11-16-14/h7,10-11,15H,3-6,8-9H2,1-2H3/t15-/m1/s1. The fourth-order valence-corrected chi connectivity index (χ4v) is 3.61. The molecule has 0 N–H and O–H groups in total. The van der Waals surface area contributed by atoms with Gasteiger partial charge in [0, 0.05) is 23.7 Å². The van der Waals surface area contributed by atoms with E-state index in [0.29, 0.717) is 6.04 Å². The van der Waals surface area contributed by atoms with Crippen molar-refractivity contribution in [3.8, 4) is 0 Å². The van der Waals surface area contributed by atoms with Crippen molar-refractivity contribution < 1.29 is 0 Å². The van der Waals surface area contributed by atoms with E-state index in [9.17, 15) is 0 Å². The average molecular weight is 290 g/mol. The molecule has 0 spiro atoms. The third-order valence-electron chi connectivity index (χ3n) is 4.08. The molecule has 0 aromatic carbocycles. The van der Waals surface area contributed by atoms with E-state index in [0.717, 1.165) is 18.8 Å². The van der Waals surface area contributed by atoms with E-state index in [2.05, 4.69) is 45.0 Å². The third-order valence-corrected chi connectivity index (χ3v) is 4.72. The second-order valence-electron chi connectivity index (χ2n) is 5.71. The van der Waals surface area contributed by atoms with Gasteiger partial charge in [-0.05, 0) is 39.3 Å². The second-order valence-corrected chi connectivity index (χ2v) is 6.43. The average Bonchev–Trinajstić information content (AvgIpc) is 3.02. The normalized spacial score (nSPS) is 20.4. The SMILES string of the molecule is Cc1cc(C)n(C[C@H]2CCCCN2Cc2cscn2)n1. The Kier molecular flexibility index (Phi) is 4.17. The molecule has 3 heterocycles. The predicted molar refractivity (Wildman–Crippen MR) is 81.9 cm³/mol. The topological polar surface area (TPSA) is 34.0 Å². The molecule has 4 nitrogen and oxygen atoms in total. The number of nitrogens with zero attached hydrogens (tertiary/aromatic N) is 4. The van der Waals surface area contributed by atoms with Crippen LogP contribution in [0.4, 0.5) is 0 Å². The van der Waals surface area contributed by atoms with Crippen LogP contribution >= 0.6 is 11.3 Å². The van der Waals surface area contributed by atoms with E-state index >= 15 is 0 Å². The molecule has 0 aliphatic carbocycles. The van der Waals surface area contributed by atoms with Crippen LogP contribution in [0.5, 0.6) is 0 Å². The first-order valence-electron chi connectivity index (χ1n) is 7.34. The minimum Gasteiger partial charge on any atom is -0.293 e. The van der Waals surface area contributed by atoms with Crippen molar-refractivity contribution in [2.24, 2.45) is 0 Å². The van der Waals surface area contributed by atoms with E-state index in [-0.39, 0.29) is 0 Å². The first-order chi connectivity index (χ1) is 9.72. The molecule has 1 saturated heterocycles. The van der Waals surface area contributed by atoms with Crippen LogP contribution in [0, 0.1) is 13.8 Å². The number of likely N-dealkylation sites (tertiary alicyclic amines) is 1. The van der Waals surface area contributed by atoms with Crippen LogP contribution in [0.2, 0.25) is 0 Å². The summed E-state index contributed by atoms with van der Waals surface area (Å²) in [6.07, 6.45) is 3.90. The van der Waals surface area contributed by atoms with Crippen LogP contribution in [-0.4, -0.2) is 32.3 Å². The first-order valence-corrected chi connectivity index (χ1v) is 8.29. The smallest absolute Gasteiger partial charge is 0.0795 e. The lowest BCUT2D eigenvalue weighted by molar-refractivity contribution is 0.120. The second kappa shape index (κ2) is 6.06. The van der Waals surface area contributed by atoms with E-state index in [1.807, 2.05) is 5.51 Å². The molecule has 108 valence electrons. The van der Waals surface area contributed by atoms with Crippen LogP contribution in [0.25, 0.3) is 0 Å². The number of rotatable bonds is 4. The molecule has 1 aliphatic rings. The number of aryl methyl sites for hydroxylation is 2. The van der Waals surface area contributed by atoms with Crippen LogP contribution < -0.4 is 0 Å². The van der Waals surface area contributed by atoms with Gasteiger partial charge in [0.15, 0.2) is 0 Å². The maximum absolute atomic E-state index is 4.61. The molecule has 0 unspecified atom stereocenters. The van der Waals surface area contributed by atoms with Gasteiger partial charge in [-0.2, -0.15) is 5.10 Å². The Morgan fingerprint density at radius 2 is 2.25 bits per heavy atom. The van der Waals surface area contributed by atoms with Gasteiger partial charge in [0.1, 0.15) is 0 Å². The Bertz CT molecular complexity index is 546. The fourth-order valence-electron chi connectivity index (χ4n) is 3.06. The Balaban J connectivity index is 1.70. The zero-order chi connectivity index (χ0) is 13.9. The maximum atomic E-state index is 4.61. The van der Waals surface area contributed by atoms with Gasteiger partial charge >= 0.3 is 0 Å². The number of piperidine rings is 1. The van der Waals surface area contributed by atoms with Crippen molar-refractivity contribution in [1.29, 1.82) is 0 Å². The summed E-state index contributed by atoms with van der Waals surface area (Å²) < 4.78 is 2.17. The van der Waals surface area contributed by atoms with Gasteiger partial charge in [-0.3, -0.25) is 9.58 Å². The summed E-state index contributed by atoms with van der Waals surface area (Å²) in [6.45, 7) is 7.38. The van der Waals surface area contributed by atoms with Gasteiger partial charge in [-0.15, -0.1) is 11.3 Å². The van der Waals surface area contributed by atoms with Crippen LogP contribution in [0.3, 0.4) is 0 Å². The van der Waals surface area contributed by atoms with E-state index < -0.39 is 0 Å². The van der Waals surface area contributed by atoms with Crippen LogP contribution in [0.1, 0.15) is 36.3 Å². The van der Waals surface area contributed by atoms with Crippen molar-refractivity contribution >= 4 is 11.3 Å². The molecule has 0 bridgehead atoms. The molecule has 5 heteroatoms. The Labute approximate surface area is 124 Å². The Morgan fingerprint density at radius 1 is 1.35 bits per heavy atom. The largest absolute Gasteiger partial charge is 0.293 e. The predicted octanol–water partition coefficient (Wildman–Crippen LogP) is 3.01. The Morgan fingerprint density at radius 3 is 2.95 bits per heavy atom. The monoisotopic (exact) mass is 290 g/mol. The number of hydrogen-bond acceptors (Lipinski definition) is 4. The minimum atomic E-state index is 0.587. The van der Waals surface area contributed by atoms with Crippen molar-refractivity contribution in [2.75, 3.05) is 6.54 Å². The van der Waals surface area contributed by atoms with Gasteiger partial charge in [-0.25, -0.2) is 4.98 Å². The van der Waals surface area contributed by atoms with Crippen molar-refractivity contribution in [1.82, 2.24) is 19.7 Å². The summed E-state index contributed by atoms with van der Waals surface area (Å²) in [4.78, 5) is 7.01. The highest BCUT2D eigenvalue weighted by molar-refractivity contribution is 7.07. The Hall–Kier alpha value is -1.20. The molecule has 0 saturated carbocycles. The summed E-state index contributed by atoms with van der Waals surface area (Å²) >= 11 is 1.68. The van der Waals surface area contributed by atoms with Gasteiger partial charge in [-0.1, -0.05) is 6.42 Å². The zero-order valence-electron chi connectivity index (χ0n) is 12.2.